The molecule has 0 atom stereocenters. The molecule has 1 heterocycles. The predicted octanol–water partition coefficient (Wildman–Crippen LogP) is 1.85. The van der Waals surface area contributed by atoms with Crippen molar-refractivity contribution in [3.63, 3.8) is 0 Å². The molecule has 1 rings (SSSR count). The maximum Gasteiger partial charge on any atom is 0.105 e. The summed E-state index contributed by atoms with van der Waals surface area (Å²) in [6, 6.07) is 4.03. The van der Waals surface area contributed by atoms with Crippen LogP contribution in [0.5, 0.6) is 0 Å². The molecule has 3 N–H and O–H groups in total. The lowest BCUT2D eigenvalue weighted by atomic mass is 10.0. The van der Waals surface area contributed by atoms with Crippen LogP contribution in [0.3, 0.4) is 0 Å². The van der Waals surface area contributed by atoms with Gasteiger partial charge in [0.05, 0.1) is 0 Å². The highest BCUT2D eigenvalue weighted by Gasteiger charge is 2.08. The fraction of sp³-hybridized carbons (Fsp3) is 0.667. The Kier molecular flexibility index (Phi) is 4.36. The van der Waals surface area contributed by atoms with Gasteiger partial charge in [-0.3, -0.25) is 0 Å². The molecule has 3 heteroatoms. The number of aryl methyl sites for hydroxylation is 1. The molecular weight excluding hydrogens is 188 g/mol. The number of nitrogens with one attached hydrogen (secondary N) is 1. The van der Waals surface area contributed by atoms with Crippen LogP contribution in [0.15, 0.2) is 16.5 Å². The van der Waals surface area contributed by atoms with E-state index in [1.165, 1.54) is 0 Å². The average molecular weight is 210 g/mol. The number of rotatable bonds is 6. The molecule has 0 aliphatic heterocycles. The smallest absolute Gasteiger partial charge is 0.105 e. The maximum atomic E-state index is 5.87. The molecule has 0 aromatic carbocycles. The third-order valence-electron chi connectivity index (χ3n) is 2.29. The van der Waals surface area contributed by atoms with Gasteiger partial charge in [-0.25, -0.2) is 0 Å². The van der Waals surface area contributed by atoms with Crippen molar-refractivity contribution < 1.29 is 4.42 Å². The highest BCUT2D eigenvalue weighted by Crippen LogP contribution is 2.06. The summed E-state index contributed by atoms with van der Waals surface area (Å²) in [6.07, 6.45) is 1.93. The minimum atomic E-state index is -0.0751. The lowest BCUT2D eigenvalue weighted by Gasteiger charge is -2.18. The molecule has 0 aliphatic carbocycles. The summed E-state index contributed by atoms with van der Waals surface area (Å²) in [4.78, 5) is 0. The number of furan rings is 1. The molecule has 0 fully saturated rings. The van der Waals surface area contributed by atoms with E-state index >= 15 is 0 Å². The second kappa shape index (κ2) is 5.33. The van der Waals surface area contributed by atoms with Crippen LogP contribution < -0.4 is 11.1 Å². The van der Waals surface area contributed by atoms with Gasteiger partial charge in [-0.1, -0.05) is 0 Å². The van der Waals surface area contributed by atoms with Crippen LogP contribution in [0.4, 0.5) is 0 Å². The van der Waals surface area contributed by atoms with Gasteiger partial charge in [-0.05, 0) is 45.9 Å². The molecule has 15 heavy (non-hydrogen) atoms. The average Bonchev–Trinajstić information content (AvgIpc) is 2.49. The Morgan fingerprint density at radius 2 is 2.07 bits per heavy atom. The first-order chi connectivity index (χ1) is 6.97. The van der Waals surface area contributed by atoms with Crippen LogP contribution in [0.1, 0.15) is 31.8 Å². The van der Waals surface area contributed by atoms with E-state index in [9.17, 15) is 0 Å². The van der Waals surface area contributed by atoms with Crippen molar-refractivity contribution in [1.82, 2.24) is 5.32 Å². The van der Waals surface area contributed by atoms with E-state index < -0.39 is 0 Å². The molecule has 0 bridgehead atoms. The first kappa shape index (κ1) is 12.3. The highest BCUT2D eigenvalue weighted by atomic mass is 16.3. The molecule has 0 spiro atoms. The van der Waals surface area contributed by atoms with E-state index in [1.54, 1.807) is 0 Å². The number of hydrogen-bond donors (Lipinski definition) is 2. The van der Waals surface area contributed by atoms with Gasteiger partial charge in [0.25, 0.3) is 0 Å². The van der Waals surface area contributed by atoms with Crippen LogP contribution in [-0.4, -0.2) is 18.6 Å². The predicted molar refractivity (Wildman–Crippen MR) is 62.9 cm³/mol. The van der Waals surface area contributed by atoms with Crippen molar-refractivity contribution in [2.24, 2.45) is 5.73 Å². The van der Waals surface area contributed by atoms with Crippen LogP contribution in [0.2, 0.25) is 0 Å². The van der Waals surface area contributed by atoms with Gasteiger partial charge in [-0.15, -0.1) is 0 Å². The monoisotopic (exact) mass is 210 g/mol. The highest BCUT2D eigenvalue weighted by molar-refractivity contribution is 5.05. The topological polar surface area (TPSA) is 51.2 Å². The molecule has 1 aromatic heterocycles. The van der Waals surface area contributed by atoms with E-state index in [-0.39, 0.29) is 5.54 Å². The molecule has 1 aromatic rings. The van der Waals surface area contributed by atoms with Crippen molar-refractivity contribution in [1.29, 1.82) is 0 Å². The van der Waals surface area contributed by atoms with Crippen LogP contribution >= 0.6 is 0 Å². The second-order valence-corrected chi connectivity index (χ2v) is 4.75. The van der Waals surface area contributed by atoms with Crippen molar-refractivity contribution >= 4 is 0 Å². The Morgan fingerprint density at radius 1 is 1.33 bits per heavy atom. The Labute approximate surface area is 92.0 Å². The summed E-state index contributed by atoms with van der Waals surface area (Å²) in [6.45, 7) is 7.97. The van der Waals surface area contributed by atoms with Gasteiger partial charge in [0.2, 0.25) is 0 Å². The first-order valence-electron chi connectivity index (χ1n) is 5.52. The van der Waals surface area contributed by atoms with E-state index in [0.29, 0.717) is 0 Å². The van der Waals surface area contributed by atoms with Crippen molar-refractivity contribution in [3.8, 4) is 0 Å². The zero-order chi connectivity index (χ0) is 11.3. The Balaban J connectivity index is 2.07. The minimum Gasteiger partial charge on any atom is -0.466 e. The molecule has 0 unspecified atom stereocenters. The Hall–Kier alpha value is -0.800. The quantitative estimate of drug-likeness (QED) is 0.704. The van der Waals surface area contributed by atoms with Crippen LogP contribution in [-0.2, 0) is 6.42 Å². The minimum absolute atomic E-state index is 0.0751. The van der Waals surface area contributed by atoms with Gasteiger partial charge >= 0.3 is 0 Å². The summed E-state index contributed by atoms with van der Waals surface area (Å²) >= 11 is 0. The van der Waals surface area contributed by atoms with Gasteiger partial charge in [0.1, 0.15) is 11.5 Å². The van der Waals surface area contributed by atoms with Crippen molar-refractivity contribution in [3.05, 3.63) is 23.7 Å². The molecular formula is C12H22N2O. The molecule has 3 nitrogen and oxygen atoms in total. The van der Waals surface area contributed by atoms with E-state index in [4.69, 9.17) is 10.2 Å². The fourth-order valence-corrected chi connectivity index (χ4v) is 1.37. The summed E-state index contributed by atoms with van der Waals surface area (Å²) in [5, 5.41) is 3.36. The van der Waals surface area contributed by atoms with Crippen molar-refractivity contribution in [2.45, 2.75) is 39.2 Å². The SMILES string of the molecule is Cc1ccc(CCNCCC(C)(C)N)o1. The molecule has 0 saturated heterocycles. The third-order valence-corrected chi connectivity index (χ3v) is 2.29. The van der Waals surface area contributed by atoms with E-state index in [0.717, 1.165) is 37.5 Å². The van der Waals surface area contributed by atoms with E-state index in [2.05, 4.69) is 5.32 Å². The first-order valence-corrected chi connectivity index (χ1v) is 5.52. The Bertz CT molecular complexity index is 286. The zero-order valence-corrected chi connectivity index (χ0v) is 9.97. The van der Waals surface area contributed by atoms with Gasteiger partial charge in [0, 0.05) is 18.5 Å². The number of nitrogens with two attached hydrogens (primary N) is 1. The van der Waals surface area contributed by atoms with Crippen molar-refractivity contribution in [2.75, 3.05) is 13.1 Å². The molecule has 0 aliphatic rings. The summed E-state index contributed by atoms with van der Waals surface area (Å²) in [7, 11) is 0. The third kappa shape index (κ3) is 5.60. The maximum absolute atomic E-state index is 5.87. The van der Waals surface area contributed by atoms with Gasteiger partial charge in [-0.2, -0.15) is 0 Å². The molecule has 0 radical (unpaired) electrons. The molecule has 86 valence electrons. The summed E-state index contributed by atoms with van der Waals surface area (Å²) in [5.41, 5.74) is 5.80. The van der Waals surface area contributed by atoms with Gasteiger partial charge in [0.15, 0.2) is 0 Å². The Morgan fingerprint density at radius 3 is 2.60 bits per heavy atom. The fourth-order valence-electron chi connectivity index (χ4n) is 1.37. The van der Waals surface area contributed by atoms with E-state index in [1.807, 2.05) is 32.9 Å². The lowest BCUT2D eigenvalue weighted by Crippen LogP contribution is -2.36. The molecule has 0 amide bonds. The standard InChI is InChI=1S/C12H22N2O/c1-10-4-5-11(15-10)6-8-14-9-7-12(2,3)13/h4-5,14H,6-9,13H2,1-3H3. The normalized spacial score (nSPS) is 12.0. The lowest BCUT2D eigenvalue weighted by molar-refractivity contribution is 0.444. The van der Waals surface area contributed by atoms with Crippen LogP contribution in [0, 0.1) is 6.92 Å². The second-order valence-electron chi connectivity index (χ2n) is 4.75. The number of hydrogen-bond acceptors (Lipinski definition) is 3. The zero-order valence-electron chi connectivity index (χ0n) is 9.97. The van der Waals surface area contributed by atoms with Crippen LogP contribution in [0.25, 0.3) is 0 Å². The van der Waals surface area contributed by atoms with Gasteiger partial charge < -0.3 is 15.5 Å². The molecule has 0 saturated carbocycles. The largest absolute Gasteiger partial charge is 0.466 e. The summed E-state index contributed by atoms with van der Waals surface area (Å²) < 4.78 is 5.47. The summed E-state index contributed by atoms with van der Waals surface area (Å²) in [5.74, 6) is 2.03.